The Morgan fingerprint density at radius 2 is 1.71 bits per heavy atom. The van der Waals surface area contributed by atoms with Crippen molar-refractivity contribution in [3.05, 3.63) is 88.7 Å². The normalized spacial score (nSPS) is 13.5. The summed E-state index contributed by atoms with van der Waals surface area (Å²) in [5.74, 6) is -0.126. The summed E-state index contributed by atoms with van der Waals surface area (Å²) in [7, 11) is 0. The van der Waals surface area contributed by atoms with Crippen LogP contribution in [0.5, 0.6) is 5.75 Å². The topological polar surface area (TPSA) is 61.9 Å². The van der Waals surface area contributed by atoms with Crippen LogP contribution in [0.25, 0.3) is 0 Å². The van der Waals surface area contributed by atoms with Gasteiger partial charge < -0.3 is 19.9 Å². The van der Waals surface area contributed by atoms with E-state index in [2.05, 4.69) is 10.2 Å². The second kappa shape index (κ2) is 11.2. The molecule has 1 aliphatic heterocycles. The molecule has 0 bridgehead atoms. The van der Waals surface area contributed by atoms with Crippen molar-refractivity contribution in [2.45, 2.75) is 13.3 Å². The monoisotopic (exact) mass is 495 g/mol. The van der Waals surface area contributed by atoms with Crippen LogP contribution in [0.2, 0.25) is 5.02 Å². The number of ether oxygens (including phenoxy) is 1. The quantitative estimate of drug-likeness (QED) is 0.471. The van der Waals surface area contributed by atoms with Gasteiger partial charge in [0.15, 0.2) is 0 Å². The molecule has 0 aromatic heterocycles. The van der Waals surface area contributed by atoms with Gasteiger partial charge in [-0.05, 0) is 67.1 Å². The Balaban J connectivity index is 1.34. The maximum Gasteiger partial charge on any atom is 0.255 e. The van der Waals surface area contributed by atoms with Gasteiger partial charge in [0.1, 0.15) is 11.6 Å². The predicted molar refractivity (Wildman–Crippen MR) is 136 cm³/mol. The molecule has 1 fully saturated rings. The summed E-state index contributed by atoms with van der Waals surface area (Å²) in [5, 5.41) is 3.23. The van der Waals surface area contributed by atoms with Crippen molar-refractivity contribution < 1.29 is 18.7 Å². The maximum atomic E-state index is 13.4. The SMILES string of the molecule is CCCOc1ccc(C(=O)N2CCN(c3ccc(NC(=O)c4cccc(F)c4)cc3Cl)CC2)cc1. The van der Waals surface area contributed by atoms with E-state index in [1.165, 1.54) is 18.2 Å². The molecule has 0 aliphatic carbocycles. The Hall–Kier alpha value is -3.58. The highest BCUT2D eigenvalue weighted by Crippen LogP contribution is 2.30. The molecule has 1 aliphatic rings. The van der Waals surface area contributed by atoms with Crippen LogP contribution in [-0.4, -0.2) is 49.5 Å². The first-order valence-electron chi connectivity index (χ1n) is 11.6. The lowest BCUT2D eigenvalue weighted by Gasteiger charge is -2.36. The lowest BCUT2D eigenvalue weighted by Crippen LogP contribution is -2.48. The molecule has 0 spiro atoms. The van der Waals surface area contributed by atoms with Crippen LogP contribution in [0.3, 0.4) is 0 Å². The molecular formula is C27H27ClFN3O3. The Morgan fingerprint density at radius 1 is 0.971 bits per heavy atom. The van der Waals surface area contributed by atoms with Crippen molar-refractivity contribution in [2.75, 3.05) is 43.0 Å². The highest BCUT2D eigenvalue weighted by Gasteiger charge is 2.23. The van der Waals surface area contributed by atoms with Gasteiger partial charge >= 0.3 is 0 Å². The minimum absolute atomic E-state index is 0.00630. The van der Waals surface area contributed by atoms with Crippen LogP contribution in [0.4, 0.5) is 15.8 Å². The molecule has 0 radical (unpaired) electrons. The van der Waals surface area contributed by atoms with Crippen molar-refractivity contribution in [3.63, 3.8) is 0 Å². The second-order valence-corrected chi connectivity index (χ2v) is 8.69. The molecule has 0 unspecified atom stereocenters. The Kier molecular flexibility index (Phi) is 7.87. The van der Waals surface area contributed by atoms with E-state index in [0.717, 1.165) is 17.9 Å². The molecule has 182 valence electrons. The number of halogens is 2. The van der Waals surface area contributed by atoms with Crippen molar-refractivity contribution in [2.24, 2.45) is 0 Å². The first-order chi connectivity index (χ1) is 16.9. The van der Waals surface area contributed by atoms with E-state index in [1.807, 2.05) is 30.0 Å². The van der Waals surface area contributed by atoms with Crippen LogP contribution >= 0.6 is 11.6 Å². The minimum atomic E-state index is -0.471. The fraction of sp³-hybridized carbons (Fsp3) is 0.259. The maximum absolute atomic E-state index is 13.4. The first-order valence-corrected chi connectivity index (χ1v) is 12.0. The third-order valence-electron chi connectivity index (χ3n) is 5.77. The fourth-order valence-electron chi connectivity index (χ4n) is 3.92. The average molecular weight is 496 g/mol. The molecule has 2 amide bonds. The number of nitrogens with one attached hydrogen (secondary N) is 1. The zero-order chi connectivity index (χ0) is 24.8. The number of carbonyl (C=O) groups excluding carboxylic acids is 2. The van der Waals surface area contributed by atoms with Gasteiger partial charge in [0.05, 0.1) is 17.3 Å². The minimum Gasteiger partial charge on any atom is -0.494 e. The number of hydrogen-bond donors (Lipinski definition) is 1. The summed E-state index contributed by atoms with van der Waals surface area (Å²) in [6.07, 6.45) is 0.932. The standard InChI is InChI=1S/C27H27ClFN3O3/c1-2-16-35-23-9-6-19(7-10-23)27(34)32-14-12-31(13-15-32)25-11-8-22(18-24(25)28)30-26(33)20-4-3-5-21(29)17-20/h3-11,17-18H,2,12-16H2,1H3,(H,30,33). The predicted octanol–water partition coefficient (Wildman–Crippen LogP) is 5.48. The Labute approximate surface area is 209 Å². The van der Waals surface area contributed by atoms with Gasteiger partial charge in [-0.15, -0.1) is 0 Å². The van der Waals surface area contributed by atoms with Gasteiger partial charge in [0.2, 0.25) is 0 Å². The molecule has 1 N–H and O–H groups in total. The summed E-state index contributed by atoms with van der Waals surface area (Å²) >= 11 is 6.52. The molecule has 3 aromatic rings. The van der Waals surface area contributed by atoms with E-state index in [1.54, 1.807) is 30.3 Å². The summed E-state index contributed by atoms with van der Waals surface area (Å²) in [6.45, 7) is 5.11. The van der Waals surface area contributed by atoms with Crippen molar-refractivity contribution in [1.82, 2.24) is 4.90 Å². The lowest BCUT2D eigenvalue weighted by atomic mass is 10.1. The van der Waals surface area contributed by atoms with Gasteiger partial charge in [-0.2, -0.15) is 0 Å². The van der Waals surface area contributed by atoms with Crippen LogP contribution in [0.15, 0.2) is 66.7 Å². The van der Waals surface area contributed by atoms with Gasteiger partial charge in [0.25, 0.3) is 11.8 Å². The summed E-state index contributed by atoms with van der Waals surface area (Å²) in [4.78, 5) is 29.2. The molecule has 4 rings (SSSR count). The number of nitrogens with zero attached hydrogens (tertiary/aromatic N) is 2. The fourth-order valence-corrected chi connectivity index (χ4v) is 4.22. The van der Waals surface area contributed by atoms with Gasteiger partial charge in [-0.1, -0.05) is 24.6 Å². The van der Waals surface area contributed by atoms with Gasteiger partial charge in [-0.3, -0.25) is 9.59 Å². The number of carbonyl (C=O) groups is 2. The highest BCUT2D eigenvalue weighted by molar-refractivity contribution is 6.33. The largest absolute Gasteiger partial charge is 0.494 e. The summed E-state index contributed by atoms with van der Waals surface area (Å²) < 4.78 is 19.0. The molecule has 1 heterocycles. The van der Waals surface area contributed by atoms with Crippen LogP contribution in [-0.2, 0) is 0 Å². The van der Waals surface area contributed by atoms with Gasteiger partial charge in [0, 0.05) is 43.0 Å². The number of rotatable bonds is 7. The number of anilines is 2. The molecule has 35 heavy (non-hydrogen) atoms. The van der Waals surface area contributed by atoms with E-state index in [9.17, 15) is 14.0 Å². The lowest BCUT2D eigenvalue weighted by molar-refractivity contribution is 0.0746. The van der Waals surface area contributed by atoms with E-state index in [4.69, 9.17) is 16.3 Å². The van der Waals surface area contributed by atoms with Crippen LogP contribution in [0.1, 0.15) is 34.1 Å². The zero-order valence-corrected chi connectivity index (χ0v) is 20.2. The molecule has 0 saturated carbocycles. The molecule has 6 nitrogen and oxygen atoms in total. The highest BCUT2D eigenvalue weighted by atomic mass is 35.5. The van der Waals surface area contributed by atoms with E-state index >= 15 is 0 Å². The zero-order valence-electron chi connectivity index (χ0n) is 19.5. The van der Waals surface area contributed by atoms with Gasteiger partial charge in [-0.25, -0.2) is 4.39 Å². The number of hydrogen-bond acceptors (Lipinski definition) is 4. The van der Waals surface area contributed by atoms with E-state index in [-0.39, 0.29) is 11.5 Å². The Bertz CT molecular complexity index is 1190. The van der Waals surface area contributed by atoms with Crippen molar-refractivity contribution in [3.8, 4) is 5.75 Å². The van der Waals surface area contributed by atoms with Crippen molar-refractivity contribution >= 4 is 34.8 Å². The van der Waals surface area contributed by atoms with E-state index in [0.29, 0.717) is 49.1 Å². The number of piperazine rings is 1. The average Bonchev–Trinajstić information content (AvgIpc) is 2.87. The molecule has 8 heteroatoms. The molecular weight excluding hydrogens is 469 g/mol. The van der Waals surface area contributed by atoms with Crippen LogP contribution < -0.4 is 15.0 Å². The first kappa shape index (κ1) is 24.5. The third kappa shape index (κ3) is 6.11. The molecule has 1 saturated heterocycles. The molecule has 3 aromatic carbocycles. The van der Waals surface area contributed by atoms with E-state index < -0.39 is 11.7 Å². The summed E-state index contributed by atoms with van der Waals surface area (Å²) in [6, 6.07) is 18.0. The van der Waals surface area contributed by atoms with Crippen molar-refractivity contribution in [1.29, 1.82) is 0 Å². The Morgan fingerprint density at radius 3 is 2.37 bits per heavy atom. The summed E-state index contributed by atoms with van der Waals surface area (Å²) in [5.41, 5.74) is 2.22. The molecule has 0 atom stereocenters. The number of amides is 2. The second-order valence-electron chi connectivity index (χ2n) is 8.28. The smallest absolute Gasteiger partial charge is 0.255 e. The number of benzene rings is 3. The third-order valence-corrected chi connectivity index (χ3v) is 6.08. The van der Waals surface area contributed by atoms with Crippen LogP contribution in [0, 0.1) is 5.82 Å².